The van der Waals surface area contributed by atoms with Crippen LogP contribution < -0.4 is 10.6 Å². The molecule has 1 amide bonds. The van der Waals surface area contributed by atoms with Crippen LogP contribution in [0.5, 0.6) is 0 Å². The second kappa shape index (κ2) is 6.07. The monoisotopic (exact) mass is 287 g/mol. The summed E-state index contributed by atoms with van der Waals surface area (Å²) in [6.07, 6.45) is 0.934. The molecule has 2 unspecified atom stereocenters. The number of hydrogen-bond donors (Lipinski definition) is 3. The van der Waals surface area contributed by atoms with Gasteiger partial charge in [0.25, 0.3) is 5.91 Å². The van der Waals surface area contributed by atoms with E-state index in [9.17, 15) is 9.90 Å². The summed E-state index contributed by atoms with van der Waals surface area (Å²) in [5.74, 6) is 0.165. The van der Waals surface area contributed by atoms with Gasteiger partial charge in [0.15, 0.2) is 5.69 Å². The van der Waals surface area contributed by atoms with Crippen molar-refractivity contribution in [3.8, 4) is 11.5 Å². The molecule has 1 aromatic carbocycles. The third kappa shape index (κ3) is 3.12. The molecular weight excluding hydrogens is 270 g/mol. The third-order valence-corrected chi connectivity index (χ3v) is 3.59. The lowest BCUT2D eigenvalue weighted by Crippen LogP contribution is -2.34. The van der Waals surface area contributed by atoms with Gasteiger partial charge in [-0.2, -0.15) is 0 Å². The van der Waals surface area contributed by atoms with Crippen molar-refractivity contribution < 1.29 is 14.3 Å². The highest BCUT2D eigenvalue weighted by molar-refractivity contribution is 5.92. The molecule has 1 aromatic heterocycles. The largest absolute Gasteiger partial charge is 0.444 e. The highest BCUT2D eigenvalue weighted by Crippen LogP contribution is 2.17. The van der Waals surface area contributed by atoms with E-state index < -0.39 is 6.10 Å². The number of β-amino-alcohol motifs (C(OH)–C–C–N with tert-alkyl or cyclic N) is 1. The molecule has 2 atom stereocenters. The van der Waals surface area contributed by atoms with E-state index in [0.717, 1.165) is 5.56 Å². The summed E-state index contributed by atoms with van der Waals surface area (Å²) in [6, 6.07) is 9.41. The molecule has 2 aromatic rings. The molecule has 110 valence electrons. The number of carbonyl (C=O) groups excluding carboxylic acids is 1. The van der Waals surface area contributed by atoms with E-state index in [0.29, 0.717) is 25.5 Å². The quantitative estimate of drug-likeness (QED) is 0.768. The summed E-state index contributed by atoms with van der Waals surface area (Å²) in [7, 11) is 0. The number of aliphatic hydroxyl groups excluding tert-OH is 1. The molecule has 0 spiro atoms. The molecule has 6 heteroatoms. The first kappa shape index (κ1) is 13.8. The molecule has 1 saturated heterocycles. The second-order valence-corrected chi connectivity index (χ2v) is 5.10. The lowest BCUT2D eigenvalue weighted by atomic mass is 10.1. The van der Waals surface area contributed by atoms with Gasteiger partial charge in [-0.1, -0.05) is 18.2 Å². The van der Waals surface area contributed by atoms with Crippen LogP contribution in [0.1, 0.15) is 10.5 Å². The minimum absolute atomic E-state index is 0.0365. The minimum Gasteiger partial charge on any atom is -0.444 e. The Hall–Kier alpha value is -2.18. The van der Waals surface area contributed by atoms with E-state index >= 15 is 0 Å². The van der Waals surface area contributed by atoms with Crippen molar-refractivity contribution in [1.82, 2.24) is 15.6 Å². The molecule has 0 bridgehead atoms. The van der Waals surface area contributed by atoms with Gasteiger partial charge in [-0.05, 0) is 12.1 Å². The Balaban J connectivity index is 1.62. The van der Waals surface area contributed by atoms with Gasteiger partial charge in [0, 0.05) is 31.1 Å². The zero-order valence-corrected chi connectivity index (χ0v) is 11.5. The first-order chi connectivity index (χ1) is 10.2. The number of nitrogens with one attached hydrogen (secondary N) is 2. The molecule has 1 fully saturated rings. The number of aromatic nitrogens is 1. The van der Waals surface area contributed by atoms with E-state index in [1.165, 1.54) is 6.26 Å². The van der Waals surface area contributed by atoms with Crippen LogP contribution in [0.15, 0.2) is 41.0 Å². The Morgan fingerprint density at radius 2 is 2.19 bits per heavy atom. The molecule has 21 heavy (non-hydrogen) atoms. The molecule has 0 radical (unpaired) electrons. The summed E-state index contributed by atoms with van der Waals surface area (Å²) >= 11 is 0. The molecule has 3 N–H and O–H groups in total. The maximum Gasteiger partial charge on any atom is 0.273 e. The van der Waals surface area contributed by atoms with Gasteiger partial charge in [-0.25, -0.2) is 4.98 Å². The van der Waals surface area contributed by atoms with Crippen LogP contribution >= 0.6 is 0 Å². The van der Waals surface area contributed by atoms with Crippen molar-refractivity contribution in [2.75, 3.05) is 19.6 Å². The second-order valence-electron chi connectivity index (χ2n) is 5.10. The minimum atomic E-state index is -0.414. The molecule has 1 aliphatic rings. The van der Waals surface area contributed by atoms with E-state index in [-0.39, 0.29) is 17.5 Å². The normalized spacial score (nSPS) is 21.4. The van der Waals surface area contributed by atoms with E-state index in [1.807, 2.05) is 30.3 Å². The van der Waals surface area contributed by atoms with E-state index in [4.69, 9.17) is 4.42 Å². The van der Waals surface area contributed by atoms with Gasteiger partial charge >= 0.3 is 0 Å². The lowest BCUT2D eigenvalue weighted by molar-refractivity contribution is 0.0922. The molecule has 6 nitrogen and oxygen atoms in total. The number of carbonyl (C=O) groups is 1. The number of aliphatic hydroxyl groups is 1. The summed E-state index contributed by atoms with van der Waals surface area (Å²) in [4.78, 5) is 16.2. The van der Waals surface area contributed by atoms with Gasteiger partial charge in [-0.15, -0.1) is 0 Å². The molecule has 2 heterocycles. The number of amides is 1. The van der Waals surface area contributed by atoms with Crippen LogP contribution in [0.2, 0.25) is 0 Å². The Bertz CT molecular complexity index is 612. The van der Waals surface area contributed by atoms with Gasteiger partial charge in [0.1, 0.15) is 6.26 Å². The molecular formula is C15H17N3O3. The molecule has 1 aliphatic heterocycles. The van der Waals surface area contributed by atoms with Gasteiger partial charge in [0.2, 0.25) is 5.89 Å². The van der Waals surface area contributed by atoms with Gasteiger partial charge < -0.3 is 20.2 Å². The third-order valence-electron chi connectivity index (χ3n) is 3.59. The Morgan fingerprint density at radius 3 is 2.90 bits per heavy atom. The van der Waals surface area contributed by atoms with Crippen molar-refractivity contribution in [2.45, 2.75) is 6.10 Å². The smallest absolute Gasteiger partial charge is 0.273 e. The average Bonchev–Trinajstić information content (AvgIpc) is 3.15. The predicted molar refractivity (Wildman–Crippen MR) is 76.6 cm³/mol. The first-order valence-corrected chi connectivity index (χ1v) is 6.92. The molecule has 0 saturated carbocycles. The average molecular weight is 287 g/mol. The predicted octanol–water partition coefficient (Wildman–Crippen LogP) is 0.652. The number of rotatable bonds is 4. The van der Waals surface area contributed by atoms with Crippen molar-refractivity contribution in [3.63, 3.8) is 0 Å². The highest BCUT2D eigenvalue weighted by atomic mass is 16.3. The number of benzene rings is 1. The number of hydrogen-bond acceptors (Lipinski definition) is 5. The van der Waals surface area contributed by atoms with Gasteiger partial charge in [-0.3, -0.25) is 4.79 Å². The zero-order valence-electron chi connectivity index (χ0n) is 11.5. The molecule has 3 rings (SSSR count). The SMILES string of the molecule is O=C(NCC1CNCC1O)c1coc(-c2ccccc2)n1. The van der Waals surface area contributed by atoms with Crippen molar-refractivity contribution in [3.05, 3.63) is 42.3 Å². The maximum absolute atomic E-state index is 12.0. The van der Waals surface area contributed by atoms with E-state index in [1.54, 1.807) is 0 Å². The van der Waals surface area contributed by atoms with Crippen molar-refractivity contribution in [1.29, 1.82) is 0 Å². The van der Waals surface area contributed by atoms with Crippen molar-refractivity contribution >= 4 is 5.91 Å². The summed E-state index contributed by atoms with van der Waals surface area (Å²) in [6.45, 7) is 1.69. The highest BCUT2D eigenvalue weighted by Gasteiger charge is 2.25. The van der Waals surface area contributed by atoms with Crippen molar-refractivity contribution in [2.24, 2.45) is 5.92 Å². The van der Waals surface area contributed by atoms with Crippen LogP contribution in [0, 0.1) is 5.92 Å². The Kier molecular flexibility index (Phi) is 3.98. The van der Waals surface area contributed by atoms with Gasteiger partial charge in [0.05, 0.1) is 6.10 Å². The summed E-state index contributed by atoms with van der Waals surface area (Å²) < 4.78 is 5.33. The fourth-order valence-corrected chi connectivity index (χ4v) is 2.33. The maximum atomic E-state index is 12.0. The molecule has 0 aliphatic carbocycles. The topological polar surface area (TPSA) is 87.4 Å². The Morgan fingerprint density at radius 1 is 1.38 bits per heavy atom. The fraction of sp³-hybridized carbons (Fsp3) is 0.333. The number of oxazole rings is 1. The number of nitrogens with zero attached hydrogens (tertiary/aromatic N) is 1. The van der Waals surface area contributed by atoms with Crippen LogP contribution in [-0.2, 0) is 0 Å². The van der Waals surface area contributed by atoms with Crippen LogP contribution in [0.4, 0.5) is 0 Å². The lowest BCUT2D eigenvalue weighted by Gasteiger charge is -2.13. The summed E-state index contributed by atoms with van der Waals surface area (Å²) in [5.41, 5.74) is 1.07. The fourth-order valence-electron chi connectivity index (χ4n) is 2.33. The van der Waals surface area contributed by atoms with Crippen LogP contribution in [0.3, 0.4) is 0 Å². The summed E-state index contributed by atoms with van der Waals surface area (Å²) in [5, 5.41) is 15.5. The van der Waals surface area contributed by atoms with Crippen LogP contribution in [0.25, 0.3) is 11.5 Å². The Labute approximate surface area is 122 Å². The van der Waals surface area contributed by atoms with E-state index in [2.05, 4.69) is 15.6 Å². The standard InChI is InChI=1S/C15H17N3O3/c19-13-8-16-6-11(13)7-17-14(20)12-9-21-15(18-12)10-4-2-1-3-5-10/h1-5,9,11,13,16,19H,6-8H2,(H,17,20). The first-order valence-electron chi connectivity index (χ1n) is 6.92. The van der Waals surface area contributed by atoms with Crippen LogP contribution in [-0.4, -0.2) is 41.7 Å². The zero-order chi connectivity index (χ0) is 14.7.